The summed E-state index contributed by atoms with van der Waals surface area (Å²) < 4.78 is 1.44. The van der Waals surface area contributed by atoms with Crippen molar-refractivity contribution in [3.63, 3.8) is 0 Å². The summed E-state index contributed by atoms with van der Waals surface area (Å²) in [6, 6.07) is 18.6. The van der Waals surface area contributed by atoms with Gasteiger partial charge in [0.05, 0.1) is 16.7 Å². The van der Waals surface area contributed by atoms with Crippen LogP contribution >= 0.6 is 11.6 Å². The first-order chi connectivity index (χ1) is 16.8. The van der Waals surface area contributed by atoms with Crippen LogP contribution in [-0.4, -0.2) is 21.4 Å². The average molecular weight is 489 g/mol. The SMILES string of the molecule is CCC(=O)Nc1ccccc1-c1nc2ccccc2n([C@H](C)C(=O)Nc2cccc(Cl)c2C)c1=O. The molecule has 0 fully saturated rings. The molecule has 0 radical (unpaired) electrons. The van der Waals surface area contributed by atoms with Gasteiger partial charge in [-0.25, -0.2) is 4.98 Å². The molecule has 178 valence electrons. The van der Waals surface area contributed by atoms with E-state index in [0.29, 0.717) is 39.4 Å². The zero-order valence-electron chi connectivity index (χ0n) is 19.6. The van der Waals surface area contributed by atoms with Gasteiger partial charge in [-0.15, -0.1) is 0 Å². The lowest BCUT2D eigenvalue weighted by Gasteiger charge is -2.20. The predicted octanol–water partition coefficient (Wildman–Crippen LogP) is 5.57. The van der Waals surface area contributed by atoms with Crippen molar-refractivity contribution in [3.05, 3.63) is 87.7 Å². The highest BCUT2D eigenvalue weighted by Gasteiger charge is 2.23. The second-order valence-electron chi connectivity index (χ2n) is 8.15. The maximum atomic E-state index is 13.8. The van der Waals surface area contributed by atoms with Gasteiger partial charge < -0.3 is 10.6 Å². The number of fused-ring (bicyclic) bond motifs is 1. The molecule has 0 spiro atoms. The lowest BCUT2D eigenvalue weighted by Crippen LogP contribution is -2.33. The molecule has 0 aliphatic carbocycles. The second kappa shape index (κ2) is 10.1. The summed E-state index contributed by atoms with van der Waals surface area (Å²) in [4.78, 5) is 43.8. The highest BCUT2D eigenvalue weighted by Crippen LogP contribution is 2.28. The first-order valence-electron chi connectivity index (χ1n) is 11.3. The van der Waals surface area contributed by atoms with E-state index < -0.39 is 11.6 Å². The molecular formula is C27H25ClN4O3. The average Bonchev–Trinajstić information content (AvgIpc) is 2.86. The van der Waals surface area contributed by atoms with Gasteiger partial charge >= 0.3 is 0 Å². The molecule has 2 amide bonds. The predicted molar refractivity (Wildman–Crippen MR) is 140 cm³/mol. The van der Waals surface area contributed by atoms with Crippen LogP contribution in [-0.2, 0) is 9.59 Å². The van der Waals surface area contributed by atoms with E-state index in [9.17, 15) is 14.4 Å². The van der Waals surface area contributed by atoms with Gasteiger partial charge in [-0.05, 0) is 49.7 Å². The zero-order chi connectivity index (χ0) is 25.1. The summed E-state index contributed by atoms with van der Waals surface area (Å²) in [5, 5.41) is 6.25. The minimum Gasteiger partial charge on any atom is -0.325 e. The van der Waals surface area contributed by atoms with Gasteiger partial charge in [-0.3, -0.25) is 19.0 Å². The normalized spacial score (nSPS) is 11.8. The maximum absolute atomic E-state index is 13.8. The van der Waals surface area contributed by atoms with Gasteiger partial charge in [-0.1, -0.05) is 54.9 Å². The van der Waals surface area contributed by atoms with E-state index in [0.717, 1.165) is 5.56 Å². The molecule has 0 saturated heterocycles. The number of aromatic nitrogens is 2. The smallest absolute Gasteiger partial charge is 0.278 e. The summed E-state index contributed by atoms with van der Waals surface area (Å²) >= 11 is 6.20. The highest BCUT2D eigenvalue weighted by atomic mass is 35.5. The van der Waals surface area contributed by atoms with Crippen molar-refractivity contribution in [1.29, 1.82) is 0 Å². The van der Waals surface area contributed by atoms with Gasteiger partial charge in [0.1, 0.15) is 11.7 Å². The minimum absolute atomic E-state index is 0.147. The minimum atomic E-state index is -0.857. The van der Waals surface area contributed by atoms with Crippen LogP contribution in [0.25, 0.3) is 22.3 Å². The Kier molecular flexibility index (Phi) is 6.98. The number of para-hydroxylation sites is 3. The number of nitrogens with zero attached hydrogens (tertiary/aromatic N) is 2. The Balaban J connectivity index is 1.85. The van der Waals surface area contributed by atoms with Crippen LogP contribution in [0.1, 0.15) is 31.9 Å². The third-order valence-electron chi connectivity index (χ3n) is 5.86. The Morgan fingerprint density at radius 3 is 2.43 bits per heavy atom. The van der Waals surface area contributed by atoms with Crippen molar-refractivity contribution >= 4 is 45.8 Å². The van der Waals surface area contributed by atoms with Crippen LogP contribution < -0.4 is 16.2 Å². The zero-order valence-corrected chi connectivity index (χ0v) is 20.4. The van der Waals surface area contributed by atoms with Crippen molar-refractivity contribution in [3.8, 4) is 11.3 Å². The number of amides is 2. The number of carbonyl (C=O) groups is 2. The van der Waals surface area contributed by atoms with E-state index >= 15 is 0 Å². The van der Waals surface area contributed by atoms with E-state index in [2.05, 4.69) is 15.6 Å². The summed E-state index contributed by atoms with van der Waals surface area (Å²) in [7, 11) is 0. The number of carbonyl (C=O) groups excluding carboxylic acids is 2. The largest absolute Gasteiger partial charge is 0.325 e. The molecule has 1 atom stereocenters. The molecule has 1 heterocycles. The third kappa shape index (κ3) is 4.81. The fraction of sp³-hybridized carbons (Fsp3) is 0.185. The number of rotatable bonds is 6. The molecule has 2 N–H and O–H groups in total. The summed E-state index contributed by atoms with van der Waals surface area (Å²) in [6.07, 6.45) is 0.295. The van der Waals surface area contributed by atoms with Crippen molar-refractivity contribution in [2.24, 2.45) is 0 Å². The van der Waals surface area contributed by atoms with Gasteiger partial charge in [-0.2, -0.15) is 0 Å². The topological polar surface area (TPSA) is 93.1 Å². The number of hydrogen-bond acceptors (Lipinski definition) is 4. The third-order valence-corrected chi connectivity index (χ3v) is 6.27. The highest BCUT2D eigenvalue weighted by molar-refractivity contribution is 6.31. The quantitative estimate of drug-likeness (QED) is 0.371. The van der Waals surface area contributed by atoms with Crippen LogP contribution in [0.5, 0.6) is 0 Å². The molecule has 1 aromatic heterocycles. The molecule has 0 saturated carbocycles. The van der Waals surface area contributed by atoms with Crippen molar-refractivity contribution < 1.29 is 9.59 Å². The van der Waals surface area contributed by atoms with Crippen molar-refractivity contribution in [2.75, 3.05) is 10.6 Å². The molecule has 0 bridgehead atoms. The van der Waals surface area contributed by atoms with Crippen LogP contribution in [0.2, 0.25) is 5.02 Å². The molecule has 4 aromatic rings. The molecule has 3 aromatic carbocycles. The number of hydrogen-bond donors (Lipinski definition) is 2. The Labute approximate surface area is 207 Å². The van der Waals surface area contributed by atoms with E-state index in [-0.39, 0.29) is 17.5 Å². The number of nitrogens with one attached hydrogen (secondary N) is 2. The van der Waals surface area contributed by atoms with E-state index in [4.69, 9.17) is 11.6 Å². The van der Waals surface area contributed by atoms with Crippen molar-refractivity contribution in [1.82, 2.24) is 9.55 Å². The molecule has 35 heavy (non-hydrogen) atoms. The first-order valence-corrected chi connectivity index (χ1v) is 11.7. The lowest BCUT2D eigenvalue weighted by atomic mass is 10.1. The fourth-order valence-electron chi connectivity index (χ4n) is 3.85. The molecule has 4 rings (SSSR count). The van der Waals surface area contributed by atoms with Gasteiger partial charge in [0.15, 0.2) is 0 Å². The molecule has 7 nitrogen and oxygen atoms in total. The monoisotopic (exact) mass is 488 g/mol. The second-order valence-corrected chi connectivity index (χ2v) is 8.56. The van der Waals surface area contributed by atoms with E-state index in [1.165, 1.54) is 4.57 Å². The van der Waals surface area contributed by atoms with Crippen molar-refractivity contribution in [2.45, 2.75) is 33.2 Å². The van der Waals surface area contributed by atoms with Gasteiger partial charge in [0.2, 0.25) is 11.8 Å². The lowest BCUT2D eigenvalue weighted by molar-refractivity contribution is -0.119. The van der Waals surface area contributed by atoms with E-state index in [1.54, 1.807) is 74.5 Å². The Morgan fingerprint density at radius 2 is 1.66 bits per heavy atom. The standard InChI is InChI=1S/C27H25ClN4O3/c1-4-24(33)29-21-12-6-5-10-18(21)25-27(35)32(23-15-8-7-13-22(23)30-25)17(3)26(34)31-20-14-9-11-19(28)16(20)2/h5-15,17H,4H2,1-3H3,(H,29,33)(H,31,34)/t17-/m1/s1. The Bertz CT molecular complexity index is 1500. The summed E-state index contributed by atoms with van der Waals surface area (Å²) in [5.41, 5.74) is 3.08. The van der Waals surface area contributed by atoms with Crippen LogP contribution in [0.4, 0.5) is 11.4 Å². The first kappa shape index (κ1) is 24.2. The summed E-state index contributed by atoms with van der Waals surface area (Å²) in [5.74, 6) is -0.546. The molecular weight excluding hydrogens is 464 g/mol. The summed E-state index contributed by atoms with van der Waals surface area (Å²) in [6.45, 7) is 5.23. The van der Waals surface area contributed by atoms with Crippen LogP contribution in [0.3, 0.4) is 0 Å². The number of anilines is 2. The number of benzene rings is 3. The Hall–Kier alpha value is -3.97. The maximum Gasteiger partial charge on any atom is 0.278 e. The molecule has 0 aliphatic heterocycles. The van der Waals surface area contributed by atoms with Crippen LogP contribution in [0, 0.1) is 6.92 Å². The molecule has 8 heteroatoms. The molecule has 0 aliphatic rings. The van der Waals surface area contributed by atoms with E-state index in [1.807, 2.05) is 13.0 Å². The fourth-order valence-corrected chi connectivity index (χ4v) is 4.02. The molecule has 0 unspecified atom stereocenters. The van der Waals surface area contributed by atoms with Gasteiger partial charge in [0.25, 0.3) is 5.56 Å². The van der Waals surface area contributed by atoms with Crippen LogP contribution in [0.15, 0.2) is 71.5 Å². The number of halogens is 1. The Morgan fingerprint density at radius 1 is 0.971 bits per heavy atom. The van der Waals surface area contributed by atoms with Gasteiger partial charge in [0, 0.05) is 22.7 Å².